The van der Waals surface area contributed by atoms with Gasteiger partial charge in [-0.3, -0.25) is 0 Å². The van der Waals surface area contributed by atoms with Gasteiger partial charge < -0.3 is 5.32 Å². The topological polar surface area (TPSA) is 50.7 Å². The van der Waals surface area contributed by atoms with Crippen LogP contribution in [0.1, 0.15) is 33.4 Å². The van der Waals surface area contributed by atoms with E-state index in [4.69, 9.17) is 9.97 Å². The van der Waals surface area contributed by atoms with Gasteiger partial charge in [0.15, 0.2) is 0 Å². The molecule has 1 aliphatic rings. The van der Waals surface area contributed by atoms with Crippen LogP contribution in [0.5, 0.6) is 0 Å². The van der Waals surface area contributed by atoms with E-state index in [2.05, 4.69) is 15.7 Å². The number of nitrogens with zero attached hydrogens (tertiary/aromatic N) is 3. The monoisotopic (exact) mass is 316 g/mol. The summed E-state index contributed by atoms with van der Waals surface area (Å²) in [6.07, 6.45) is 4.34. The molecule has 4 rings (SSSR count). The molecule has 108 valence electrons. The molecule has 0 bridgehead atoms. The van der Waals surface area contributed by atoms with E-state index < -0.39 is 0 Å². The molecule has 0 unspecified atom stereocenters. The van der Waals surface area contributed by atoms with Crippen molar-refractivity contribution in [1.29, 1.82) is 0 Å². The number of hydrogen-bond donors (Lipinski definition) is 1. The molecule has 0 amide bonds. The molecule has 0 aliphatic heterocycles. The highest BCUT2D eigenvalue weighted by Crippen LogP contribution is 2.39. The molecular weight excluding hydrogens is 300 g/mol. The summed E-state index contributed by atoms with van der Waals surface area (Å²) >= 11 is 3.52. The fourth-order valence-electron chi connectivity index (χ4n) is 2.92. The molecule has 1 N–H and O–H groups in total. The minimum Gasteiger partial charge on any atom is -0.372 e. The summed E-state index contributed by atoms with van der Waals surface area (Å²) in [7, 11) is 1.94. The maximum atomic E-state index is 4.79. The molecule has 0 radical (unpaired) electrons. The van der Waals surface area contributed by atoms with Gasteiger partial charge in [0.2, 0.25) is 0 Å². The van der Waals surface area contributed by atoms with Gasteiger partial charge in [0.05, 0.1) is 11.8 Å². The first-order valence-electron chi connectivity index (χ1n) is 7.14. The maximum Gasteiger partial charge on any atom is 0.139 e. The first-order valence-corrected chi connectivity index (χ1v) is 8.84. The lowest BCUT2D eigenvalue weighted by Gasteiger charge is -2.06. The third kappa shape index (κ3) is 2.22. The summed E-state index contributed by atoms with van der Waals surface area (Å²) in [6.45, 7) is 2.02. The second-order valence-corrected chi connectivity index (χ2v) is 7.36. The molecule has 0 aromatic carbocycles. The van der Waals surface area contributed by atoms with Crippen molar-refractivity contribution >= 4 is 38.7 Å². The number of anilines is 1. The van der Waals surface area contributed by atoms with Crippen LogP contribution in [0.2, 0.25) is 0 Å². The van der Waals surface area contributed by atoms with Crippen LogP contribution in [0.25, 0.3) is 10.2 Å². The van der Waals surface area contributed by atoms with Crippen molar-refractivity contribution < 1.29 is 0 Å². The van der Waals surface area contributed by atoms with Crippen molar-refractivity contribution in [2.24, 2.45) is 0 Å². The quantitative estimate of drug-likeness (QED) is 0.802. The van der Waals surface area contributed by atoms with Gasteiger partial charge in [-0.05, 0) is 31.7 Å². The van der Waals surface area contributed by atoms with E-state index in [0.717, 1.165) is 27.2 Å². The highest BCUT2D eigenvalue weighted by Gasteiger charge is 2.22. The number of nitrogens with one attached hydrogen (secondary N) is 1. The Balaban J connectivity index is 1.80. The Labute approximate surface area is 131 Å². The van der Waals surface area contributed by atoms with E-state index >= 15 is 0 Å². The Morgan fingerprint density at radius 3 is 2.90 bits per heavy atom. The minimum absolute atomic E-state index is 0.714. The van der Waals surface area contributed by atoms with Crippen LogP contribution in [0.15, 0.2) is 5.38 Å². The van der Waals surface area contributed by atoms with Gasteiger partial charge in [-0.2, -0.15) is 0 Å². The highest BCUT2D eigenvalue weighted by atomic mass is 32.1. The lowest BCUT2D eigenvalue weighted by atomic mass is 10.2. The van der Waals surface area contributed by atoms with E-state index in [9.17, 15) is 0 Å². The van der Waals surface area contributed by atoms with Gasteiger partial charge >= 0.3 is 0 Å². The Kier molecular flexibility index (Phi) is 3.15. The molecular formula is C15H16N4S2. The van der Waals surface area contributed by atoms with Crippen molar-refractivity contribution in [2.75, 3.05) is 12.4 Å². The van der Waals surface area contributed by atoms with E-state index in [1.165, 1.54) is 35.1 Å². The zero-order valence-electron chi connectivity index (χ0n) is 12.1. The normalized spacial score (nSPS) is 13.8. The number of rotatable bonds is 3. The summed E-state index contributed by atoms with van der Waals surface area (Å²) < 4.78 is 0. The van der Waals surface area contributed by atoms with Crippen LogP contribution in [0.4, 0.5) is 5.82 Å². The van der Waals surface area contributed by atoms with Gasteiger partial charge in [0.1, 0.15) is 21.5 Å². The van der Waals surface area contributed by atoms with Crippen molar-refractivity contribution in [3.63, 3.8) is 0 Å². The van der Waals surface area contributed by atoms with Crippen LogP contribution in [0.3, 0.4) is 0 Å². The lowest BCUT2D eigenvalue weighted by Crippen LogP contribution is -2.02. The molecule has 0 fully saturated rings. The smallest absolute Gasteiger partial charge is 0.139 e. The average molecular weight is 316 g/mol. The second-order valence-electron chi connectivity index (χ2n) is 5.34. The standard InChI is InChI=1S/C15H16N4S2/c1-8-7-20-12(17-8)6-11-18-14(16-2)13-9-4-3-5-10(9)21-15(13)19-11/h7H,3-6H2,1-2H3,(H,16,18,19). The Morgan fingerprint density at radius 1 is 1.24 bits per heavy atom. The molecule has 3 aromatic heterocycles. The number of hydrogen-bond acceptors (Lipinski definition) is 6. The fraction of sp³-hybridized carbons (Fsp3) is 0.400. The fourth-order valence-corrected chi connectivity index (χ4v) is 4.97. The summed E-state index contributed by atoms with van der Waals surface area (Å²) in [6, 6.07) is 0. The molecule has 21 heavy (non-hydrogen) atoms. The molecule has 6 heteroatoms. The van der Waals surface area contributed by atoms with Crippen molar-refractivity contribution in [1.82, 2.24) is 15.0 Å². The number of thiophene rings is 1. The summed E-state index contributed by atoms with van der Waals surface area (Å²) in [4.78, 5) is 16.6. The van der Waals surface area contributed by atoms with E-state index in [0.29, 0.717) is 6.42 Å². The van der Waals surface area contributed by atoms with E-state index in [-0.39, 0.29) is 0 Å². The molecule has 3 aromatic rings. The Bertz CT molecular complexity index is 819. The molecule has 1 aliphatic carbocycles. The van der Waals surface area contributed by atoms with Gasteiger partial charge in [-0.25, -0.2) is 15.0 Å². The minimum atomic E-state index is 0.714. The number of aromatic nitrogens is 3. The van der Waals surface area contributed by atoms with Crippen LogP contribution in [-0.2, 0) is 19.3 Å². The first kappa shape index (κ1) is 13.2. The van der Waals surface area contributed by atoms with Gasteiger partial charge in [0, 0.05) is 23.0 Å². The van der Waals surface area contributed by atoms with Gasteiger partial charge in [0.25, 0.3) is 0 Å². The molecule has 0 saturated carbocycles. The third-order valence-electron chi connectivity index (χ3n) is 3.82. The second kappa shape index (κ2) is 5.03. The van der Waals surface area contributed by atoms with E-state index in [1.807, 2.05) is 25.3 Å². The van der Waals surface area contributed by atoms with Crippen LogP contribution >= 0.6 is 22.7 Å². The molecule has 0 saturated heterocycles. The summed E-state index contributed by atoms with van der Waals surface area (Å²) in [5.74, 6) is 1.84. The van der Waals surface area contributed by atoms with Crippen LogP contribution in [0, 0.1) is 6.92 Å². The number of thiazole rings is 1. The molecule has 0 atom stereocenters. The SMILES string of the molecule is CNc1nc(Cc2nc(C)cs2)nc2sc3c(c12)CCC3. The average Bonchev–Trinajstić information content (AvgIpc) is 3.13. The Morgan fingerprint density at radius 2 is 2.14 bits per heavy atom. The lowest BCUT2D eigenvalue weighted by molar-refractivity contribution is 0.916. The largest absolute Gasteiger partial charge is 0.372 e. The van der Waals surface area contributed by atoms with Crippen LogP contribution < -0.4 is 5.32 Å². The van der Waals surface area contributed by atoms with Crippen molar-refractivity contribution in [3.8, 4) is 0 Å². The maximum absolute atomic E-state index is 4.79. The molecule has 3 heterocycles. The van der Waals surface area contributed by atoms with Gasteiger partial charge in [-0.1, -0.05) is 0 Å². The van der Waals surface area contributed by atoms with Crippen LogP contribution in [-0.4, -0.2) is 22.0 Å². The zero-order valence-corrected chi connectivity index (χ0v) is 13.7. The number of aryl methyl sites for hydroxylation is 3. The predicted octanol–water partition coefficient (Wildman–Crippen LogP) is 3.58. The Hall–Kier alpha value is -1.53. The summed E-state index contributed by atoms with van der Waals surface area (Å²) in [5, 5.41) is 7.66. The molecule has 0 spiro atoms. The van der Waals surface area contributed by atoms with Crippen molar-refractivity contribution in [2.45, 2.75) is 32.6 Å². The zero-order chi connectivity index (χ0) is 14.4. The highest BCUT2D eigenvalue weighted by molar-refractivity contribution is 7.19. The number of fused-ring (bicyclic) bond motifs is 3. The molecule has 4 nitrogen and oxygen atoms in total. The predicted molar refractivity (Wildman–Crippen MR) is 88.6 cm³/mol. The van der Waals surface area contributed by atoms with E-state index in [1.54, 1.807) is 11.3 Å². The summed E-state index contributed by atoms with van der Waals surface area (Å²) in [5.41, 5.74) is 2.54. The first-order chi connectivity index (χ1) is 10.2. The third-order valence-corrected chi connectivity index (χ3v) is 5.98. The van der Waals surface area contributed by atoms with Crippen molar-refractivity contribution in [3.05, 3.63) is 32.3 Å². The van der Waals surface area contributed by atoms with Gasteiger partial charge in [-0.15, -0.1) is 22.7 Å².